The fraction of sp³-hybridized carbons (Fsp3) is 0.273. The van der Waals surface area contributed by atoms with Crippen molar-refractivity contribution in [3.63, 3.8) is 0 Å². The minimum absolute atomic E-state index is 0.133. The molecule has 148 valence electrons. The van der Waals surface area contributed by atoms with E-state index in [4.69, 9.17) is 4.52 Å². The molecule has 7 heteroatoms. The summed E-state index contributed by atoms with van der Waals surface area (Å²) in [6, 6.07) is 11.6. The summed E-state index contributed by atoms with van der Waals surface area (Å²) in [5.41, 5.74) is 4.28. The fourth-order valence-electron chi connectivity index (χ4n) is 3.25. The van der Waals surface area contributed by atoms with Gasteiger partial charge >= 0.3 is 0 Å². The van der Waals surface area contributed by atoms with Gasteiger partial charge in [-0.15, -0.1) is 11.3 Å². The lowest BCUT2D eigenvalue weighted by Gasteiger charge is -2.08. The second kappa shape index (κ2) is 8.53. The monoisotopic (exact) mass is 406 g/mol. The highest BCUT2D eigenvalue weighted by Crippen LogP contribution is 2.27. The van der Waals surface area contributed by atoms with Gasteiger partial charge in [0.05, 0.1) is 27.3 Å². The van der Waals surface area contributed by atoms with Gasteiger partial charge in [-0.1, -0.05) is 35.5 Å². The van der Waals surface area contributed by atoms with Crippen LogP contribution in [0.2, 0.25) is 0 Å². The van der Waals surface area contributed by atoms with Gasteiger partial charge in [0.1, 0.15) is 0 Å². The van der Waals surface area contributed by atoms with E-state index < -0.39 is 0 Å². The van der Waals surface area contributed by atoms with Crippen LogP contribution in [0.1, 0.15) is 39.6 Å². The molecule has 0 saturated heterocycles. The standard InChI is InChI=1S/C22H22N4O2S/c1-14-13-29-19(24-14)10-6-7-11-23-21(27)17-12-18(16-8-4-3-5-9-16)25-22-20(17)15(2)26-28-22/h3-5,8-9,12-13H,6-7,10-11H2,1-2H3,(H,23,27). The van der Waals surface area contributed by atoms with Crippen molar-refractivity contribution in [2.24, 2.45) is 0 Å². The van der Waals surface area contributed by atoms with E-state index in [2.05, 4.69) is 25.8 Å². The highest BCUT2D eigenvalue weighted by atomic mass is 32.1. The van der Waals surface area contributed by atoms with E-state index in [0.717, 1.165) is 35.5 Å². The third kappa shape index (κ3) is 4.35. The third-order valence-electron chi connectivity index (χ3n) is 4.70. The summed E-state index contributed by atoms with van der Waals surface area (Å²) in [6.45, 7) is 4.44. The number of aryl methyl sites for hydroxylation is 3. The fourth-order valence-corrected chi connectivity index (χ4v) is 4.06. The molecule has 0 bridgehead atoms. The lowest BCUT2D eigenvalue weighted by molar-refractivity contribution is 0.0954. The first-order chi connectivity index (χ1) is 14.1. The van der Waals surface area contributed by atoms with Crippen molar-refractivity contribution in [2.45, 2.75) is 33.1 Å². The molecule has 6 nitrogen and oxygen atoms in total. The van der Waals surface area contributed by atoms with Crippen LogP contribution in [-0.4, -0.2) is 27.6 Å². The number of unbranched alkanes of at least 4 members (excludes halogenated alkanes) is 1. The molecular weight excluding hydrogens is 384 g/mol. The molecule has 0 saturated carbocycles. The van der Waals surface area contributed by atoms with Crippen LogP contribution in [0.25, 0.3) is 22.4 Å². The van der Waals surface area contributed by atoms with Crippen LogP contribution in [0, 0.1) is 13.8 Å². The molecule has 4 rings (SSSR count). The second-order valence-electron chi connectivity index (χ2n) is 6.96. The Labute approximate surface area is 173 Å². The van der Waals surface area contributed by atoms with Crippen molar-refractivity contribution < 1.29 is 9.32 Å². The van der Waals surface area contributed by atoms with Gasteiger partial charge in [0.25, 0.3) is 11.6 Å². The number of rotatable bonds is 7. The number of thiazole rings is 1. The van der Waals surface area contributed by atoms with Crippen molar-refractivity contribution in [3.05, 3.63) is 63.7 Å². The maximum absolute atomic E-state index is 12.9. The Morgan fingerprint density at radius 3 is 2.72 bits per heavy atom. The van der Waals surface area contributed by atoms with Gasteiger partial charge in [0.15, 0.2) is 0 Å². The second-order valence-corrected chi connectivity index (χ2v) is 7.91. The molecule has 29 heavy (non-hydrogen) atoms. The zero-order valence-corrected chi connectivity index (χ0v) is 17.3. The van der Waals surface area contributed by atoms with Gasteiger partial charge in [0.2, 0.25) is 0 Å². The summed E-state index contributed by atoms with van der Waals surface area (Å²) < 4.78 is 5.35. The first-order valence-electron chi connectivity index (χ1n) is 9.63. The van der Waals surface area contributed by atoms with E-state index in [-0.39, 0.29) is 5.91 Å². The van der Waals surface area contributed by atoms with Crippen LogP contribution in [0.4, 0.5) is 0 Å². The highest BCUT2D eigenvalue weighted by molar-refractivity contribution is 7.09. The van der Waals surface area contributed by atoms with E-state index in [1.165, 1.54) is 0 Å². The molecule has 0 radical (unpaired) electrons. The number of aromatic nitrogens is 3. The third-order valence-corrected chi connectivity index (χ3v) is 5.73. The average Bonchev–Trinajstić information content (AvgIpc) is 3.33. The SMILES string of the molecule is Cc1csc(CCCCNC(=O)c2cc(-c3ccccc3)nc3onc(C)c23)n1. The maximum atomic E-state index is 12.9. The van der Waals surface area contributed by atoms with Crippen LogP contribution in [0.5, 0.6) is 0 Å². The molecule has 0 atom stereocenters. The number of hydrogen-bond donors (Lipinski definition) is 1. The van der Waals surface area contributed by atoms with Crippen molar-refractivity contribution in [1.29, 1.82) is 0 Å². The molecule has 1 aromatic carbocycles. The van der Waals surface area contributed by atoms with Crippen LogP contribution < -0.4 is 5.32 Å². The first kappa shape index (κ1) is 19.3. The number of pyridine rings is 1. The zero-order chi connectivity index (χ0) is 20.2. The predicted molar refractivity (Wildman–Crippen MR) is 114 cm³/mol. The molecule has 1 N–H and O–H groups in total. The van der Waals surface area contributed by atoms with Gasteiger partial charge < -0.3 is 9.84 Å². The van der Waals surface area contributed by atoms with Crippen LogP contribution in [-0.2, 0) is 6.42 Å². The van der Waals surface area contributed by atoms with Gasteiger partial charge in [-0.2, -0.15) is 0 Å². The Bertz CT molecular complexity index is 1130. The number of benzene rings is 1. The van der Waals surface area contributed by atoms with Gasteiger partial charge in [-0.25, -0.2) is 9.97 Å². The largest absolute Gasteiger partial charge is 0.352 e. The minimum atomic E-state index is -0.133. The van der Waals surface area contributed by atoms with Crippen LogP contribution >= 0.6 is 11.3 Å². The molecular formula is C22H22N4O2S. The van der Waals surface area contributed by atoms with E-state index in [1.54, 1.807) is 11.3 Å². The number of hydrogen-bond acceptors (Lipinski definition) is 6. The number of nitrogens with one attached hydrogen (secondary N) is 1. The smallest absolute Gasteiger partial charge is 0.259 e. The van der Waals surface area contributed by atoms with Crippen molar-refractivity contribution in [1.82, 2.24) is 20.4 Å². The van der Waals surface area contributed by atoms with E-state index >= 15 is 0 Å². The van der Waals surface area contributed by atoms with Crippen molar-refractivity contribution >= 4 is 28.3 Å². The lowest BCUT2D eigenvalue weighted by atomic mass is 10.1. The molecule has 3 aromatic heterocycles. The maximum Gasteiger partial charge on any atom is 0.259 e. The number of carbonyl (C=O) groups excluding carboxylic acids is 1. The minimum Gasteiger partial charge on any atom is -0.352 e. The van der Waals surface area contributed by atoms with E-state index in [9.17, 15) is 4.79 Å². The van der Waals surface area contributed by atoms with Crippen molar-refractivity contribution in [3.8, 4) is 11.3 Å². The molecule has 1 amide bonds. The van der Waals surface area contributed by atoms with Gasteiger partial charge in [-0.05, 0) is 39.2 Å². The molecule has 0 spiro atoms. The Morgan fingerprint density at radius 2 is 1.97 bits per heavy atom. The summed E-state index contributed by atoms with van der Waals surface area (Å²) in [5, 5.41) is 10.9. The van der Waals surface area contributed by atoms with E-state index in [0.29, 0.717) is 34.6 Å². The topological polar surface area (TPSA) is 80.9 Å². The zero-order valence-electron chi connectivity index (χ0n) is 16.4. The highest BCUT2D eigenvalue weighted by Gasteiger charge is 2.19. The summed E-state index contributed by atoms with van der Waals surface area (Å²) in [6.07, 6.45) is 2.82. The lowest BCUT2D eigenvalue weighted by Crippen LogP contribution is -2.25. The Morgan fingerprint density at radius 1 is 1.14 bits per heavy atom. The average molecular weight is 407 g/mol. The number of fused-ring (bicyclic) bond motifs is 1. The van der Waals surface area contributed by atoms with E-state index in [1.807, 2.05) is 50.2 Å². The molecule has 3 heterocycles. The van der Waals surface area contributed by atoms with Gasteiger partial charge in [-0.3, -0.25) is 4.79 Å². The van der Waals surface area contributed by atoms with Crippen molar-refractivity contribution in [2.75, 3.05) is 6.54 Å². The summed E-state index contributed by atoms with van der Waals surface area (Å²) >= 11 is 1.69. The van der Waals surface area contributed by atoms with Crippen LogP contribution in [0.3, 0.4) is 0 Å². The molecule has 0 aliphatic heterocycles. The number of nitrogens with zero attached hydrogens (tertiary/aromatic N) is 3. The Hall–Kier alpha value is -3.06. The predicted octanol–water partition coefficient (Wildman–Crippen LogP) is 4.72. The number of amides is 1. The molecule has 0 aliphatic rings. The first-order valence-corrected chi connectivity index (χ1v) is 10.5. The Balaban J connectivity index is 1.47. The molecule has 4 aromatic rings. The normalized spacial score (nSPS) is 11.1. The quantitative estimate of drug-likeness (QED) is 0.449. The summed E-state index contributed by atoms with van der Waals surface area (Å²) in [5.74, 6) is -0.133. The summed E-state index contributed by atoms with van der Waals surface area (Å²) in [4.78, 5) is 21.9. The molecule has 0 aliphatic carbocycles. The molecule has 0 unspecified atom stereocenters. The van der Waals surface area contributed by atoms with Crippen LogP contribution in [0.15, 0.2) is 46.3 Å². The molecule has 0 fully saturated rings. The summed E-state index contributed by atoms with van der Waals surface area (Å²) in [7, 11) is 0. The van der Waals surface area contributed by atoms with Gasteiger partial charge in [0, 0.05) is 23.2 Å². The Kier molecular flexibility index (Phi) is 5.67. The number of carbonyl (C=O) groups is 1.